The van der Waals surface area contributed by atoms with Crippen molar-refractivity contribution in [2.24, 2.45) is 0 Å². The summed E-state index contributed by atoms with van der Waals surface area (Å²) in [7, 11) is 1.57. The molecule has 11 heteroatoms. The van der Waals surface area contributed by atoms with Gasteiger partial charge in [0.05, 0.1) is 19.0 Å². The summed E-state index contributed by atoms with van der Waals surface area (Å²) in [6, 6.07) is 7.71. The second kappa shape index (κ2) is 8.24. The van der Waals surface area contributed by atoms with Crippen LogP contribution in [-0.4, -0.2) is 72.4 Å². The van der Waals surface area contributed by atoms with E-state index in [-0.39, 0.29) is 5.75 Å². The Balaban J connectivity index is 1.43. The maximum absolute atomic E-state index is 10.7. The monoisotopic (exact) mass is 447 g/mol. The average Bonchev–Trinajstić information content (AvgIpc) is 3.18. The largest absolute Gasteiger partial charge is 0.507 e. The number of hydrogen-bond acceptors (Lipinski definition) is 10. The average molecular weight is 448 g/mol. The van der Waals surface area contributed by atoms with Gasteiger partial charge in [0, 0.05) is 42.4 Å². The van der Waals surface area contributed by atoms with E-state index in [9.17, 15) is 5.11 Å². The Morgan fingerprint density at radius 1 is 1.06 bits per heavy atom. The fourth-order valence-electron chi connectivity index (χ4n) is 4.17. The molecular weight excluding hydrogens is 422 g/mol. The smallest absolute Gasteiger partial charge is 0.245 e. The molecular formula is C22H25N9O2. The number of piperazine rings is 1. The van der Waals surface area contributed by atoms with Crippen molar-refractivity contribution in [3.8, 4) is 34.0 Å². The summed E-state index contributed by atoms with van der Waals surface area (Å²) in [6.07, 6.45) is 1.64. The molecule has 0 saturated carbocycles. The van der Waals surface area contributed by atoms with Gasteiger partial charge in [-0.1, -0.05) is 6.07 Å². The van der Waals surface area contributed by atoms with Gasteiger partial charge >= 0.3 is 0 Å². The van der Waals surface area contributed by atoms with Crippen molar-refractivity contribution in [1.82, 2.24) is 40.3 Å². The van der Waals surface area contributed by atoms with Crippen LogP contribution in [-0.2, 0) is 0 Å². The molecule has 11 nitrogen and oxygen atoms in total. The van der Waals surface area contributed by atoms with Crippen LogP contribution >= 0.6 is 0 Å². The molecule has 0 unspecified atom stereocenters. The minimum absolute atomic E-state index is 0.0522. The van der Waals surface area contributed by atoms with Crippen LogP contribution in [0.25, 0.3) is 28.2 Å². The van der Waals surface area contributed by atoms with Gasteiger partial charge < -0.3 is 20.1 Å². The van der Waals surface area contributed by atoms with Gasteiger partial charge in [-0.05, 0) is 32.9 Å². The van der Waals surface area contributed by atoms with Crippen molar-refractivity contribution in [1.29, 1.82) is 0 Å². The highest BCUT2D eigenvalue weighted by Crippen LogP contribution is 2.33. The van der Waals surface area contributed by atoms with Crippen molar-refractivity contribution in [3.05, 3.63) is 36.3 Å². The number of fused-ring (bicyclic) bond motifs is 1. The second-order valence-corrected chi connectivity index (χ2v) is 8.32. The van der Waals surface area contributed by atoms with Crippen LogP contribution in [0.3, 0.4) is 0 Å². The first kappa shape index (κ1) is 21.0. The molecule has 1 saturated heterocycles. The minimum Gasteiger partial charge on any atom is -0.507 e. The van der Waals surface area contributed by atoms with E-state index in [0.29, 0.717) is 57.8 Å². The van der Waals surface area contributed by atoms with Gasteiger partial charge in [-0.3, -0.25) is 0 Å². The summed E-state index contributed by atoms with van der Waals surface area (Å²) in [5.74, 6) is 1.78. The molecule has 1 aliphatic heterocycles. The number of aryl methyl sites for hydroxylation is 1. The second-order valence-electron chi connectivity index (χ2n) is 8.32. The van der Waals surface area contributed by atoms with Crippen LogP contribution in [0.15, 0.2) is 30.5 Å². The third-order valence-corrected chi connectivity index (χ3v) is 5.57. The predicted octanol–water partition coefficient (Wildman–Crippen LogP) is 1.85. The molecule has 1 aromatic carbocycles. The molecule has 2 atom stereocenters. The van der Waals surface area contributed by atoms with E-state index >= 15 is 0 Å². The van der Waals surface area contributed by atoms with Crippen LogP contribution in [0.1, 0.15) is 19.7 Å². The standard InChI is InChI=1S/C22H25N9O2/c1-12-10-30(11-13(2)24-12)22-23-9-18(26-27-22)16-6-5-15(7-19(16)32)17-8-20(33-4)21-25-14(3)28-31(21)29-17/h5-9,12-13,24,32H,10-11H2,1-4H3/t12-,13+. The quantitative estimate of drug-likeness (QED) is 0.478. The zero-order chi connectivity index (χ0) is 23.1. The number of anilines is 1. The summed E-state index contributed by atoms with van der Waals surface area (Å²) < 4.78 is 6.87. The molecule has 1 aliphatic rings. The third kappa shape index (κ3) is 4.02. The molecule has 3 aromatic heterocycles. The number of methoxy groups -OCH3 is 1. The number of rotatable bonds is 4. The summed E-state index contributed by atoms with van der Waals surface area (Å²) in [5.41, 5.74) is 2.86. The van der Waals surface area contributed by atoms with Gasteiger partial charge in [0.2, 0.25) is 11.6 Å². The highest BCUT2D eigenvalue weighted by molar-refractivity contribution is 5.73. The predicted molar refractivity (Wildman–Crippen MR) is 122 cm³/mol. The molecule has 4 aromatic rings. The Morgan fingerprint density at radius 3 is 2.52 bits per heavy atom. The molecule has 0 aliphatic carbocycles. The Kier molecular flexibility index (Phi) is 5.25. The van der Waals surface area contributed by atoms with E-state index in [0.717, 1.165) is 13.1 Å². The minimum atomic E-state index is 0.0522. The number of nitrogens with zero attached hydrogens (tertiary/aromatic N) is 8. The number of aromatic hydroxyl groups is 1. The first-order valence-electron chi connectivity index (χ1n) is 10.7. The fraction of sp³-hybridized carbons (Fsp3) is 0.364. The third-order valence-electron chi connectivity index (χ3n) is 5.57. The molecule has 0 amide bonds. The molecule has 5 rings (SSSR count). The maximum Gasteiger partial charge on any atom is 0.245 e. The first-order valence-corrected chi connectivity index (χ1v) is 10.7. The normalized spacial score (nSPS) is 18.6. The number of phenolic OH excluding ortho intramolecular Hbond substituents is 1. The van der Waals surface area contributed by atoms with Gasteiger partial charge in [-0.25, -0.2) is 9.97 Å². The van der Waals surface area contributed by atoms with Crippen LogP contribution in [0.4, 0.5) is 5.95 Å². The van der Waals surface area contributed by atoms with E-state index in [4.69, 9.17) is 4.74 Å². The lowest BCUT2D eigenvalue weighted by molar-refractivity contribution is 0.402. The van der Waals surface area contributed by atoms with Crippen molar-refractivity contribution in [3.63, 3.8) is 0 Å². The summed E-state index contributed by atoms with van der Waals surface area (Å²) in [6.45, 7) is 7.69. The van der Waals surface area contributed by atoms with E-state index in [1.165, 1.54) is 4.63 Å². The first-order chi connectivity index (χ1) is 15.9. The van der Waals surface area contributed by atoms with Crippen molar-refractivity contribution >= 4 is 11.6 Å². The fourth-order valence-corrected chi connectivity index (χ4v) is 4.17. The van der Waals surface area contributed by atoms with Crippen LogP contribution < -0.4 is 15.0 Å². The van der Waals surface area contributed by atoms with Crippen molar-refractivity contribution in [2.45, 2.75) is 32.9 Å². The number of hydrogen-bond donors (Lipinski definition) is 2. The lowest BCUT2D eigenvalue weighted by atomic mass is 10.1. The van der Waals surface area contributed by atoms with E-state index < -0.39 is 0 Å². The van der Waals surface area contributed by atoms with Crippen molar-refractivity contribution < 1.29 is 9.84 Å². The lowest BCUT2D eigenvalue weighted by Crippen LogP contribution is -2.54. The summed E-state index contributed by atoms with van der Waals surface area (Å²) in [4.78, 5) is 10.9. The highest BCUT2D eigenvalue weighted by Gasteiger charge is 2.23. The number of nitrogens with one attached hydrogen (secondary N) is 1. The Morgan fingerprint density at radius 2 is 1.85 bits per heavy atom. The van der Waals surface area contributed by atoms with E-state index in [1.54, 1.807) is 38.4 Å². The zero-order valence-electron chi connectivity index (χ0n) is 18.9. The van der Waals surface area contributed by atoms with Gasteiger partial charge in [0.15, 0.2) is 11.6 Å². The molecule has 33 heavy (non-hydrogen) atoms. The van der Waals surface area contributed by atoms with Crippen LogP contribution in [0.2, 0.25) is 0 Å². The Labute approximate surface area is 190 Å². The number of ether oxygens (including phenoxy) is 1. The van der Waals surface area contributed by atoms with E-state index in [2.05, 4.69) is 54.4 Å². The molecule has 170 valence electrons. The summed E-state index contributed by atoms with van der Waals surface area (Å²) >= 11 is 0. The van der Waals surface area contributed by atoms with Gasteiger partial charge in [-0.15, -0.1) is 25.0 Å². The lowest BCUT2D eigenvalue weighted by Gasteiger charge is -2.35. The molecule has 0 spiro atoms. The van der Waals surface area contributed by atoms with Crippen LogP contribution in [0.5, 0.6) is 11.5 Å². The topological polar surface area (TPSA) is 126 Å². The molecule has 1 fully saturated rings. The Bertz CT molecular complexity index is 1300. The van der Waals surface area contributed by atoms with Crippen LogP contribution in [0, 0.1) is 6.92 Å². The van der Waals surface area contributed by atoms with Gasteiger partial charge in [0.1, 0.15) is 11.4 Å². The van der Waals surface area contributed by atoms with Gasteiger partial charge in [0.25, 0.3) is 0 Å². The zero-order valence-corrected chi connectivity index (χ0v) is 18.9. The molecule has 0 bridgehead atoms. The molecule has 0 radical (unpaired) electrons. The number of aromatic nitrogens is 7. The Hall–Kier alpha value is -3.86. The molecule has 4 heterocycles. The SMILES string of the molecule is COc1cc(-c2ccc(-c3cnc(N4C[C@@H](C)N[C@@H](C)C4)nn3)c(O)c2)nn2nc(C)nc12. The van der Waals surface area contributed by atoms with Gasteiger partial charge in [-0.2, -0.15) is 0 Å². The number of phenols is 1. The number of benzene rings is 1. The highest BCUT2D eigenvalue weighted by atomic mass is 16.5. The van der Waals surface area contributed by atoms with Crippen molar-refractivity contribution in [2.75, 3.05) is 25.1 Å². The van der Waals surface area contributed by atoms with E-state index in [1.807, 2.05) is 6.07 Å². The summed E-state index contributed by atoms with van der Waals surface area (Å²) in [5, 5.41) is 31.6. The molecule has 2 N–H and O–H groups in total. The maximum atomic E-state index is 10.7.